The Morgan fingerprint density at radius 3 is 2.25 bits per heavy atom. The van der Waals surface area contributed by atoms with Crippen molar-refractivity contribution in [3.05, 3.63) is 35.4 Å². The van der Waals surface area contributed by atoms with Crippen molar-refractivity contribution in [1.82, 2.24) is 10.6 Å². The van der Waals surface area contributed by atoms with Crippen LogP contribution in [0.25, 0.3) is 0 Å². The summed E-state index contributed by atoms with van der Waals surface area (Å²) in [6.45, 7) is 9.76. The molecule has 0 aromatic heterocycles. The smallest absolute Gasteiger partial charge is 0.166 e. The average Bonchev–Trinajstić information content (AvgIpc) is 2.46. The summed E-state index contributed by atoms with van der Waals surface area (Å²) in [7, 11) is 0. The van der Waals surface area contributed by atoms with Gasteiger partial charge in [0.2, 0.25) is 0 Å². The number of unbranched alkanes of at least 4 members (excludes halogenated alkanes) is 1. The predicted octanol–water partition coefficient (Wildman–Crippen LogP) is 4.53. The molecule has 0 radical (unpaired) electrons. The van der Waals surface area contributed by atoms with Crippen LogP contribution in [0.5, 0.6) is 0 Å². The fourth-order valence-electron chi connectivity index (χ4n) is 2.06. The largest absolute Gasteiger partial charge is 0.363 e. The minimum Gasteiger partial charge on any atom is -0.363 e. The number of hydrogen-bond acceptors (Lipinski definition) is 1. The molecule has 1 rings (SSSR count). The molecule has 2 nitrogen and oxygen atoms in total. The molecule has 2 atom stereocenters. The van der Waals surface area contributed by atoms with Gasteiger partial charge in [0.25, 0.3) is 0 Å². The van der Waals surface area contributed by atoms with Gasteiger partial charge in [-0.05, 0) is 49.0 Å². The van der Waals surface area contributed by atoms with Gasteiger partial charge in [-0.3, -0.25) is 0 Å². The molecule has 1 aromatic carbocycles. The van der Waals surface area contributed by atoms with Crippen LogP contribution in [-0.4, -0.2) is 11.7 Å². The molecule has 0 saturated heterocycles. The first kappa shape index (κ1) is 17.0. The van der Waals surface area contributed by atoms with Gasteiger partial charge >= 0.3 is 0 Å². The maximum atomic E-state index is 5.31. The lowest BCUT2D eigenvalue weighted by Crippen LogP contribution is -2.37. The van der Waals surface area contributed by atoms with Crippen LogP contribution in [-0.2, 0) is 0 Å². The van der Waals surface area contributed by atoms with Crippen molar-refractivity contribution in [1.29, 1.82) is 0 Å². The third-order valence-electron chi connectivity index (χ3n) is 3.78. The van der Waals surface area contributed by atoms with E-state index in [1.807, 2.05) is 0 Å². The van der Waals surface area contributed by atoms with Crippen molar-refractivity contribution in [2.45, 2.75) is 58.9 Å². The summed E-state index contributed by atoms with van der Waals surface area (Å²) in [4.78, 5) is 0. The minimum absolute atomic E-state index is 0.239. The number of thiocarbonyl (C=S) groups is 1. The van der Waals surface area contributed by atoms with Crippen LogP contribution >= 0.6 is 12.2 Å². The van der Waals surface area contributed by atoms with E-state index in [1.54, 1.807) is 0 Å². The Balaban J connectivity index is 2.50. The quantitative estimate of drug-likeness (QED) is 0.570. The Bertz CT molecular complexity index is 400. The average molecular weight is 292 g/mol. The molecule has 0 amide bonds. The Hall–Kier alpha value is -1.09. The van der Waals surface area contributed by atoms with Gasteiger partial charge in [0, 0.05) is 6.54 Å². The summed E-state index contributed by atoms with van der Waals surface area (Å²) in [5.74, 6) is 0.629. The Kier molecular flexibility index (Phi) is 7.60. The zero-order chi connectivity index (χ0) is 15.0. The van der Waals surface area contributed by atoms with Gasteiger partial charge in [0.1, 0.15) is 0 Å². The maximum absolute atomic E-state index is 5.31. The van der Waals surface area contributed by atoms with Crippen molar-refractivity contribution in [3.8, 4) is 0 Å². The van der Waals surface area contributed by atoms with Crippen molar-refractivity contribution in [2.75, 3.05) is 6.54 Å². The highest BCUT2D eigenvalue weighted by atomic mass is 32.1. The molecule has 3 heteroatoms. The molecule has 0 fully saturated rings. The van der Waals surface area contributed by atoms with Crippen LogP contribution in [0.2, 0.25) is 0 Å². The topological polar surface area (TPSA) is 24.1 Å². The van der Waals surface area contributed by atoms with E-state index in [0.717, 1.165) is 18.1 Å². The second-order valence-electron chi connectivity index (χ2n) is 5.45. The fraction of sp³-hybridized carbons (Fsp3) is 0.588. The summed E-state index contributed by atoms with van der Waals surface area (Å²) >= 11 is 5.31. The van der Waals surface area contributed by atoms with E-state index in [1.165, 1.54) is 24.0 Å². The fourth-order valence-corrected chi connectivity index (χ4v) is 2.34. The molecular weight excluding hydrogens is 264 g/mol. The van der Waals surface area contributed by atoms with Gasteiger partial charge in [-0.2, -0.15) is 0 Å². The van der Waals surface area contributed by atoms with E-state index < -0.39 is 0 Å². The number of nitrogens with one attached hydrogen (secondary N) is 2. The van der Waals surface area contributed by atoms with Gasteiger partial charge in [-0.1, -0.05) is 51.5 Å². The third-order valence-corrected chi connectivity index (χ3v) is 4.04. The molecule has 2 unspecified atom stereocenters. The third kappa shape index (κ3) is 5.49. The lowest BCUT2D eigenvalue weighted by Gasteiger charge is -2.18. The highest BCUT2D eigenvalue weighted by Crippen LogP contribution is 2.21. The first-order chi connectivity index (χ1) is 9.58. The Labute approximate surface area is 129 Å². The van der Waals surface area contributed by atoms with Gasteiger partial charge in [0.05, 0.1) is 6.04 Å². The Morgan fingerprint density at radius 2 is 1.70 bits per heavy atom. The molecular formula is C17H28N2S. The molecule has 0 saturated carbocycles. The van der Waals surface area contributed by atoms with E-state index in [4.69, 9.17) is 12.2 Å². The van der Waals surface area contributed by atoms with Gasteiger partial charge in [-0.15, -0.1) is 0 Å². The standard InChI is InChI=1S/C17H28N2S/c1-5-7-12-18-17(20)19-14(4)16-10-8-15(9-11-16)13(3)6-2/h8-11,13-14H,5-7,12H2,1-4H3,(H2,18,19,20). The van der Waals surface area contributed by atoms with Gasteiger partial charge in [0.15, 0.2) is 5.11 Å². The maximum Gasteiger partial charge on any atom is 0.166 e. The lowest BCUT2D eigenvalue weighted by atomic mass is 9.96. The SMILES string of the molecule is CCCCNC(=S)NC(C)c1ccc(C(C)CC)cc1. The molecule has 20 heavy (non-hydrogen) atoms. The lowest BCUT2D eigenvalue weighted by molar-refractivity contribution is 0.680. The van der Waals surface area contributed by atoms with E-state index in [9.17, 15) is 0 Å². The number of hydrogen-bond donors (Lipinski definition) is 2. The monoisotopic (exact) mass is 292 g/mol. The zero-order valence-electron chi connectivity index (χ0n) is 13.2. The second-order valence-corrected chi connectivity index (χ2v) is 5.86. The van der Waals surface area contributed by atoms with Crippen molar-refractivity contribution in [3.63, 3.8) is 0 Å². The van der Waals surface area contributed by atoms with Crippen molar-refractivity contribution < 1.29 is 0 Å². The molecule has 0 heterocycles. The first-order valence-electron chi connectivity index (χ1n) is 7.72. The van der Waals surface area contributed by atoms with Crippen molar-refractivity contribution in [2.24, 2.45) is 0 Å². The van der Waals surface area contributed by atoms with Crippen LogP contribution in [0.3, 0.4) is 0 Å². The van der Waals surface area contributed by atoms with E-state index in [0.29, 0.717) is 5.92 Å². The van der Waals surface area contributed by atoms with E-state index in [-0.39, 0.29) is 6.04 Å². The van der Waals surface area contributed by atoms with Crippen LogP contribution in [0.4, 0.5) is 0 Å². The van der Waals surface area contributed by atoms with E-state index in [2.05, 4.69) is 62.6 Å². The molecule has 0 aliphatic rings. The molecule has 0 aliphatic carbocycles. The van der Waals surface area contributed by atoms with Crippen LogP contribution in [0.1, 0.15) is 70.0 Å². The highest BCUT2D eigenvalue weighted by molar-refractivity contribution is 7.80. The second kappa shape index (κ2) is 8.96. The predicted molar refractivity (Wildman–Crippen MR) is 92.2 cm³/mol. The minimum atomic E-state index is 0.239. The summed E-state index contributed by atoms with van der Waals surface area (Å²) < 4.78 is 0. The summed E-state index contributed by atoms with van der Waals surface area (Å²) in [5, 5.41) is 7.33. The summed E-state index contributed by atoms with van der Waals surface area (Å²) in [5.41, 5.74) is 2.68. The molecule has 0 aliphatic heterocycles. The molecule has 2 N–H and O–H groups in total. The van der Waals surface area contributed by atoms with Crippen LogP contribution < -0.4 is 10.6 Å². The van der Waals surface area contributed by atoms with Crippen LogP contribution in [0, 0.1) is 0 Å². The van der Waals surface area contributed by atoms with Gasteiger partial charge in [-0.25, -0.2) is 0 Å². The first-order valence-corrected chi connectivity index (χ1v) is 8.13. The molecule has 0 spiro atoms. The molecule has 112 valence electrons. The number of benzene rings is 1. The highest BCUT2D eigenvalue weighted by Gasteiger charge is 2.08. The van der Waals surface area contributed by atoms with Gasteiger partial charge < -0.3 is 10.6 Å². The molecule has 1 aromatic rings. The summed E-state index contributed by atoms with van der Waals surface area (Å²) in [6, 6.07) is 9.11. The summed E-state index contributed by atoms with van der Waals surface area (Å²) in [6.07, 6.45) is 3.51. The molecule has 0 bridgehead atoms. The number of rotatable bonds is 7. The van der Waals surface area contributed by atoms with E-state index >= 15 is 0 Å². The Morgan fingerprint density at radius 1 is 1.10 bits per heavy atom. The normalized spacial score (nSPS) is 13.6. The van der Waals surface area contributed by atoms with Crippen molar-refractivity contribution >= 4 is 17.3 Å². The van der Waals surface area contributed by atoms with Crippen LogP contribution in [0.15, 0.2) is 24.3 Å². The zero-order valence-corrected chi connectivity index (χ0v) is 14.0.